The maximum Gasteiger partial charge on any atom is 0.268 e. The summed E-state index contributed by atoms with van der Waals surface area (Å²) in [5.41, 5.74) is 2.00. The second kappa shape index (κ2) is 6.81. The predicted molar refractivity (Wildman–Crippen MR) is 97.1 cm³/mol. The van der Waals surface area contributed by atoms with Gasteiger partial charge in [0.1, 0.15) is 6.10 Å². The molecule has 1 fully saturated rings. The molecule has 1 aliphatic heterocycles. The van der Waals surface area contributed by atoms with E-state index in [-0.39, 0.29) is 6.10 Å². The molecule has 0 aromatic carbocycles. The van der Waals surface area contributed by atoms with E-state index in [0.29, 0.717) is 24.2 Å². The van der Waals surface area contributed by atoms with Crippen molar-refractivity contribution in [3.05, 3.63) is 34.8 Å². The zero-order valence-electron chi connectivity index (χ0n) is 14.3. The van der Waals surface area contributed by atoms with E-state index >= 15 is 0 Å². The molecule has 0 unspecified atom stereocenters. The van der Waals surface area contributed by atoms with E-state index in [1.807, 2.05) is 12.1 Å². The van der Waals surface area contributed by atoms with Crippen molar-refractivity contribution >= 4 is 11.3 Å². The largest absolute Gasteiger partial charge is 0.474 e. The van der Waals surface area contributed by atoms with Gasteiger partial charge in [-0.2, -0.15) is 4.98 Å². The van der Waals surface area contributed by atoms with Crippen LogP contribution in [0.5, 0.6) is 5.88 Å². The van der Waals surface area contributed by atoms with Crippen LogP contribution in [0.15, 0.2) is 28.9 Å². The Labute approximate surface area is 155 Å². The van der Waals surface area contributed by atoms with Crippen LogP contribution in [0.2, 0.25) is 0 Å². The SMILES string of the molecule is c1cnc(OC2CCCC2)c(-c2noc(-c3cc4c(s3)CCOC4)n2)c1. The number of pyridine rings is 1. The smallest absolute Gasteiger partial charge is 0.268 e. The molecule has 0 atom stereocenters. The number of fused-ring (bicyclic) bond motifs is 1. The molecule has 0 N–H and O–H groups in total. The van der Waals surface area contributed by atoms with Crippen LogP contribution in [-0.2, 0) is 17.8 Å². The standard InChI is InChI=1S/C19H19N3O3S/c1-2-5-13(4-1)24-18-14(6-3-8-20-18)17-21-19(25-22-17)16-10-12-11-23-9-7-15(12)26-16/h3,6,8,10,13H,1-2,4-5,7,9,11H2. The quantitative estimate of drug-likeness (QED) is 0.684. The fourth-order valence-corrected chi connectivity index (χ4v) is 4.58. The molecule has 0 spiro atoms. The molecule has 0 bridgehead atoms. The highest BCUT2D eigenvalue weighted by molar-refractivity contribution is 7.15. The van der Waals surface area contributed by atoms with E-state index in [2.05, 4.69) is 21.2 Å². The summed E-state index contributed by atoms with van der Waals surface area (Å²) in [6, 6.07) is 5.89. The van der Waals surface area contributed by atoms with Crippen LogP contribution in [0.1, 0.15) is 36.1 Å². The van der Waals surface area contributed by atoms with Gasteiger partial charge in [0.2, 0.25) is 11.7 Å². The average molecular weight is 369 g/mol. The Morgan fingerprint density at radius 3 is 3.04 bits per heavy atom. The number of ether oxygens (including phenoxy) is 2. The molecular weight excluding hydrogens is 350 g/mol. The van der Waals surface area contributed by atoms with Gasteiger partial charge in [0.15, 0.2) is 0 Å². The molecule has 134 valence electrons. The molecule has 0 radical (unpaired) electrons. The van der Waals surface area contributed by atoms with Crippen molar-refractivity contribution in [1.82, 2.24) is 15.1 Å². The van der Waals surface area contributed by atoms with Gasteiger partial charge in [-0.1, -0.05) is 5.16 Å². The summed E-state index contributed by atoms with van der Waals surface area (Å²) in [7, 11) is 0. The zero-order valence-corrected chi connectivity index (χ0v) is 15.1. The second-order valence-electron chi connectivity index (χ2n) is 6.67. The molecule has 26 heavy (non-hydrogen) atoms. The van der Waals surface area contributed by atoms with Crippen molar-refractivity contribution in [2.75, 3.05) is 6.61 Å². The minimum Gasteiger partial charge on any atom is -0.474 e. The summed E-state index contributed by atoms with van der Waals surface area (Å²) < 4.78 is 17.1. The molecule has 3 aromatic heterocycles. The Bertz CT molecular complexity index is 891. The summed E-state index contributed by atoms with van der Waals surface area (Å²) in [4.78, 5) is 11.3. The molecule has 0 amide bonds. The summed E-state index contributed by atoms with van der Waals surface area (Å²) in [5.74, 6) is 1.64. The maximum absolute atomic E-state index is 6.10. The van der Waals surface area contributed by atoms with E-state index in [9.17, 15) is 0 Å². The maximum atomic E-state index is 6.10. The highest BCUT2D eigenvalue weighted by Crippen LogP contribution is 2.35. The van der Waals surface area contributed by atoms with Gasteiger partial charge in [0.25, 0.3) is 5.89 Å². The van der Waals surface area contributed by atoms with Crippen molar-refractivity contribution in [2.24, 2.45) is 0 Å². The third kappa shape index (κ3) is 3.01. The van der Waals surface area contributed by atoms with Crippen molar-refractivity contribution in [3.8, 4) is 28.0 Å². The zero-order chi connectivity index (χ0) is 17.3. The van der Waals surface area contributed by atoms with Crippen LogP contribution in [0.3, 0.4) is 0 Å². The van der Waals surface area contributed by atoms with Crippen LogP contribution in [0.25, 0.3) is 22.2 Å². The molecular formula is C19H19N3O3S. The highest BCUT2D eigenvalue weighted by Gasteiger charge is 2.22. The molecule has 7 heteroatoms. The van der Waals surface area contributed by atoms with Gasteiger partial charge < -0.3 is 14.0 Å². The first-order valence-electron chi connectivity index (χ1n) is 9.02. The number of hydrogen-bond donors (Lipinski definition) is 0. The third-order valence-electron chi connectivity index (χ3n) is 4.86. The van der Waals surface area contributed by atoms with Gasteiger partial charge in [-0.25, -0.2) is 4.98 Å². The van der Waals surface area contributed by atoms with Gasteiger partial charge in [-0.05, 0) is 49.4 Å². The van der Waals surface area contributed by atoms with Crippen LogP contribution in [0, 0.1) is 0 Å². The molecule has 0 saturated heterocycles. The Kier molecular flexibility index (Phi) is 4.18. The summed E-state index contributed by atoms with van der Waals surface area (Å²) in [6.45, 7) is 1.44. The minimum absolute atomic E-state index is 0.235. The summed E-state index contributed by atoms with van der Waals surface area (Å²) >= 11 is 1.70. The van der Waals surface area contributed by atoms with Gasteiger partial charge >= 0.3 is 0 Å². The normalized spacial score (nSPS) is 17.4. The molecule has 4 heterocycles. The first kappa shape index (κ1) is 16.0. The first-order chi connectivity index (χ1) is 12.9. The number of aromatic nitrogens is 3. The van der Waals surface area contributed by atoms with E-state index in [0.717, 1.165) is 36.3 Å². The van der Waals surface area contributed by atoms with E-state index < -0.39 is 0 Å². The Morgan fingerprint density at radius 2 is 2.15 bits per heavy atom. The van der Waals surface area contributed by atoms with Crippen LogP contribution >= 0.6 is 11.3 Å². The van der Waals surface area contributed by atoms with Gasteiger partial charge in [-0.3, -0.25) is 0 Å². The lowest BCUT2D eigenvalue weighted by atomic mass is 10.2. The lowest BCUT2D eigenvalue weighted by molar-refractivity contribution is 0.112. The van der Waals surface area contributed by atoms with Gasteiger partial charge in [0.05, 0.1) is 23.7 Å². The summed E-state index contributed by atoms with van der Waals surface area (Å²) in [5, 5.41) is 4.17. The molecule has 2 aliphatic rings. The van der Waals surface area contributed by atoms with Gasteiger partial charge in [-0.15, -0.1) is 11.3 Å². The van der Waals surface area contributed by atoms with E-state index in [4.69, 9.17) is 14.0 Å². The highest BCUT2D eigenvalue weighted by atomic mass is 32.1. The van der Waals surface area contributed by atoms with E-state index in [1.54, 1.807) is 17.5 Å². The van der Waals surface area contributed by atoms with Crippen molar-refractivity contribution in [3.63, 3.8) is 0 Å². The average Bonchev–Trinajstić information content (AvgIpc) is 3.42. The molecule has 1 aliphatic carbocycles. The number of hydrogen-bond acceptors (Lipinski definition) is 7. The monoisotopic (exact) mass is 369 g/mol. The predicted octanol–water partition coefficient (Wildman–Crippen LogP) is 4.25. The van der Waals surface area contributed by atoms with Crippen molar-refractivity contribution in [2.45, 2.75) is 44.8 Å². The summed E-state index contributed by atoms with van der Waals surface area (Å²) in [6.07, 6.45) is 7.51. The topological polar surface area (TPSA) is 70.3 Å². The Hall–Kier alpha value is -2.25. The minimum atomic E-state index is 0.235. The molecule has 3 aromatic rings. The van der Waals surface area contributed by atoms with Crippen molar-refractivity contribution < 1.29 is 14.0 Å². The third-order valence-corrected chi connectivity index (χ3v) is 6.08. The van der Waals surface area contributed by atoms with Crippen molar-refractivity contribution in [1.29, 1.82) is 0 Å². The lowest BCUT2D eigenvalue weighted by Gasteiger charge is -2.13. The number of rotatable bonds is 4. The fraction of sp³-hybridized carbons (Fsp3) is 0.421. The second-order valence-corrected chi connectivity index (χ2v) is 7.80. The van der Waals surface area contributed by atoms with Gasteiger partial charge in [0, 0.05) is 17.5 Å². The molecule has 1 saturated carbocycles. The van der Waals surface area contributed by atoms with Crippen LogP contribution < -0.4 is 4.74 Å². The molecule has 5 rings (SSSR count). The molecule has 6 nitrogen and oxygen atoms in total. The first-order valence-corrected chi connectivity index (χ1v) is 9.84. The van der Waals surface area contributed by atoms with Crippen LogP contribution in [-0.4, -0.2) is 27.8 Å². The Balaban J connectivity index is 1.44. The number of thiophene rings is 1. The number of nitrogens with zero attached hydrogens (tertiary/aromatic N) is 3. The Morgan fingerprint density at radius 1 is 1.23 bits per heavy atom. The van der Waals surface area contributed by atoms with E-state index in [1.165, 1.54) is 23.3 Å². The van der Waals surface area contributed by atoms with Crippen LogP contribution in [0.4, 0.5) is 0 Å². The fourth-order valence-electron chi connectivity index (χ4n) is 3.50. The lowest BCUT2D eigenvalue weighted by Crippen LogP contribution is -2.12.